The van der Waals surface area contributed by atoms with E-state index in [9.17, 15) is 15.0 Å². The molecule has 0 amide bonds. The van der Waals surface area contributed by atoms with E-state index in [0.29, 0.717) is 0 Å². The first-order valence-corrected chi connectivity index (χ1v) is 5.69. The molecule has 0 aromatic heterocycles. The molecule has 0 radical (unpaired) electrons. The van der Waals surface area contributed by atoms with Gasteiger partial charge in [-0.1, -0.05) is 0 Å². The van der Waals surface area contributed by atoms with Crippen LogP contribution in [0.3, 0.4) is 0 Å². The van der Waals surface area contributed by atoms with Crippen LogP contribution in [0.4, 0.5) is 0 Å². The summed E-state index contributed by atoms with van der Waals surface area (Å²) in [7, 11) is 0. The minimum absolute atomic E-state index is 0. The van der Waals surface area contributed by atoms with Crippen molar-refractivity contribution in [3.05, 3.63) is 0 Å². The van der Waals surface area contributed by atoms with Crippen LogP contribution in [-0.4, -0.2) is 46.2 Å². The van der Waals surface area contributed by atoms with Gasteiger partial charge in [-0.2, -0.15) is 0 Å². The van der Waals surface area contributed by atoms with Gasteiger partial charge in [0.15, 0.2) is 0 Å². The van der Waals surface area contributed by atoms with Crippen LogP contribution in [-0.2, 0) is 17.7 Å². The molecule has 0 aromatic rings. The zero-order chi connectivity index (χ0) is 5.86. The molecule has 0 saturated carbocycles. The first kappa shape index (κ1) is 22.5. The Balaban J connectivity index is -0.0000000600. The van der Waals surface area contributed by atoms with E-state index in [1.165, 1.54) is 0 Å². The third kappa shape index (κ3) is 24.2. The van der Waals surface area contributed by atoms with Crippen molar-refractivity contribution in [1.82, 2.24) is 0 Å². The summed E-state index contributed by atoms with van der Waals surface area (Å²) in [4.78, 5) is 0. The Morgan fingerprint density at radius 2 is 0.900 bits per heavy atom. The van der Waals surface area contributed by atoms with Crippen molar-refractivity contribution < 1.29 is 34.1 Å². The monoisotopic (exact) mass is 284 g/mol. The number of hydrogen-bond donors (Lipinski definition) is 0. The van der Waals surface area contributed by atoms with Gasteiger partial charge in [-0.25, -0.2) is 0 Å². The van der Waals surface area contributed by atoms with Crippen LogP contribution in [0, 0.1) is 0 Å². The normalized spacial score (nSPS) is 5.60. The second kappa shape index (κ2) is 11.9. The van der Waals surface area contributed by atoms with Crippen LogP contribution in [0.25, 0.3) is 0 Å². The Hall–Kier alpha value is 0.157. The van der Waals surface area contributed by atoms with E-state index in [-0.39, 0.29) is 16.4 Å². The number of hydrogen-bond acceptors (Lipinski definition) is 5. The summed E-state index contributed by atoms with van der Waals surface area (Å²) in [5.74, 6) is 0. The summed E-state index contributed by atoms with van der Waals surface area (Å²) >= 11 is -7.69. The Bertz CT molecular complexity index is 136. The van der Waals surface area contributed by atoms with Crippen LogP contribution in [0.5, 0.6) is 0 Å². The average molecular weight is 284 g/mol. The fraction of sp³-hybridized carbons (Fsp3) is 0. The molecule has 0 aliphatic rings. The van der Waals surface area contributed by atoms with Crippen LogP contribution >= 0.6 is 0 Å². The zero-order valence-corrected chi connectivity index (χ0v) is 8.19. The van der Waals surface area contributed by atoms with E-state index in [1.54, 1.807) is 0 Å². The summed E-state index contributed by atoms with van der Waals surface area (Å²) in [5.41, 5.74) is 0. The van der Waals surface area contributed by atoms with Gasteiger partial charge < -0.3 is 16.4 Å². The Morgan fingerprint density at radius 3 is 0.900 bits per heavy atom. The molecule has 0 fully saturated rings. The van der Waals surface area contributed by atoms with Crippen molar-refractivity contribution in [1.29, 1.82) is 0 Å². The standard InChI is InChI=1S/As2O5.3H2O/c3-1(4)7-2(5)6;;;/h;3*1H2. The molecule has 0 unspecified atom stereocenters. The molecule has 10 heavy (non-hydrogen) atoms. The van der Waals surface area contributed by atoms with Crippen molar-refractivity contribution in [2.45, 2.75) is 0 Å². The van der Waals surface area contributed by atoms with Crippen molar-refractivity contribution in [3.8, 4) is 0 Å². The SMILES string of the molecule is O.O.O.O=[As](=O)O[As](=O)=O. The van der Waals surface area contributed by atoms with E-state index in [2.05, 4.69) is 2.72 Å². The summed E-state index contributed by atoms with van der Waals surface area (Å²) < 4.78 is 40.7. The second-order valence-electron chi connectivity index (χ2n) is 0.529. The Labute approximate surface area is 64.2 Å². The van der Waals surface area contributed by atoms with E-state index in [0.717, 1.165) is 0 Å². The van der Waals surface area contributed by atoms with Gasteiger partial charge >= 0.3 is 47.4 Å². The molecule has 0 heterocycles. The van der Waals surface area contributed by atoms with Gasteiger partial charge in [0.05, 0.1) is 0 Å². The van der Waals surface area contributed by atoms with Crippen molar-refractivity contribution in [3.63, 3.8) is 0 Å². The first-order chi connectivity index (χ1) is 3.13. The van der Waals surface area contributed by atoms with E-state index >= 15 is 0 Å². The van der Waals surface area contributed by atoms with E-state index in [1.807, 2.05) is 0 Å². The van der Waals surface area contributed by atoms with Crippen molar-refractivity contribution in [2.75, 3.05) is 0 Å². The van der Waals surface area contributed by atoms with Crippen molar-refractivity contribution in [2.24, 2.45) is 0 Å². The van der Waals surface area contributed by atoms with Gasteiger partial charge in [0, 0.05) is 0 Å². The molecule has 0 aliphatic carbocycles. The minimum atomic E-state index is -3.84. The molecule has 6 N–H and O–H groups in total. The van der Waals surface area contributed by atoms with E-state index in [4.69, 9.17) is 0 Å². The number of rotatable bonds is 2. The third-order valence-corrected chi connectivity index (χ3v) is 3.60. The zero-order valence-electron chi connectivity index (χ0n) is 4.44. The van der Waals surface area contributed by atoms with Gasteiger partial charge in [-0.15, -0.1) is 0 Å². The van der Waals surface area contributed by atoms with Crippen LogP contribution < -0.4 is 0 Å². The first-order valence-electron chi connectivity index (χ1n) is 1.10. The molecule has 0 saturated heterocycles. The van der Waals surface area contributed by atoms with E-state index < -0.39 is 29.7 Å². The average Bonchev–Trinajstić information content (AvgIpc) is 1.27. The molecule has 8 nitrogen and oxygen atoms in total. The molecule has 0 atom stereocenters. The van der Waals surface area contributed by atoms with Crippen LogP contribution in [0.15, 0.2) is 0 Å². The van der Waals surface area contributed by atoms with Gasteiger partial charge in [0.2, 0.25) is 0 Å². The molecule has 0 bridgehead atoms. The maximum atomic E-state index is 9.34. The van der Waals surface area contributed by atoms with Gasteiger partial charge in [-0.05, 0) is 0 Å². The summed E-state index contributed by atoms with van der Waals surface area (Å²) in [6.45, 7) is 0. The van der Waals surface area contributed by atoms with Gasteiger partial charge in [-0.3, -0.25) is 0 Å². The predicted molar refractivity (Wildman–Crippen MR) is 26.2 cm³/mol. The second-order valence-corrected chi connectivity index (χ2v) is 4.53. The molecule has 0 aliphatic heterocycles. The van der Waals surface area contributed by atoms with Gasteiger partial charge in [0.25, 0.3) is 0 Å². The fourth-order valence-corrected chi connectivity index (χ4v) is 1.47. The fourth-order valence-electron chi connectivity index (χ4n) is 0.0544. The molecular formula is H6As2O8. The van der Waals surface area contributed by atoms with Crippen LogP contribution in [0.1, 0.15) is 0 Å². The maximum absolute atomic E-state index is 9.34. The summed E-state index contributed by atoms with van der Waals surface area (Å²) in [6, 6.07) is 0. The van der Waals surface area contributed by atoms with Crippen LogP contribution in [0.2, 0.25) is 0 Å². The Morgan fingerprint density at radius 1 is 0.700 bits per heavy atom. The Kier molecular flexibility index (Phi) is 26.7. The summed E-state index contributed by atoms with van der Waals surface area (Å²) in [6.07, 6.45) is 0. The molecule has 0 aromatic carbocycles. The van der Waals surface area contributed by atoms with Gasteiger partial charge in [0.1, 0.15) is 0 Å². The predicted octanol–water partition coefficient (Wildman–Crippen LogP) is -3.78. The molecule has 64 valence electrons. The summed E-state index contributed by atoms with van der Waals surface area (Å²) in [5, 5.41) is 0. The van der Waals surface area contributed by atoms with Crippen molar-refractivity contribution >= 4 is 29.7 Å². The topological polar surface area (TPSA) is 172 Å². The quantitative estimate of drug-likeness (QED) is 0.472. The third-order valence-electron chi connectivity index (χ3n) is 0.133. The molecular weight excluding hydrogens is 278 g/mol. The molecule has 10 heteroatoms. The molecule has 0 rings (SSSR count). The molecule has 0 spiro atoms.